The molecule has 0 spiro atoms. The standard InChI is InChI=1S/C17H23ClN2O5S/c1-10-6-11(2)9-20(8-10)26(23,24)13-4-5-15(18)14(7-13)17(22)25-12(3)16(19)21/h4-5,7,10-12H,6,8-9H2,1-3H3,(H2,19,21)/t10-,11-,12-/m0/s1. The number of primary amides is 1. The number of piperidine rings is 1. The number of benzene rings is 1. The number of esters is 1. The monoisotopic (exact) mass is 402 g/mol. The highest BCUT2D eigenvalue weighted by Crippen LogP contribution is 2.29. The second kappa shape index (κ2) is 7.94. The Hall–Kier alpha value is -1.64. The summed E-state index contributed by atoms with van der Waals surface area (Å²) in [6.45, 7) is 6.19. The Balaban J connectivity index is 2.33. The van der Waals surface area contributed by atoms with Crippen LogP contribution in [-0.2, 0) is 19.6 Å². The average molecular weight is 403 g/mol. The number of sulfonamides is 1. The zero-order valence-corrected chi connectivity index (χ0v) is 16.5. The van der Waals surface area contributed by atoms with Crippen LogP contribution in [0, 0.1) is 11.8 Å². The molecule has 0 unspecified atom stereocenters. The van der Waals surface area contributed by atoms with Crippen LogP contribution in [0.25, 0.3) is 0 Å². The van der Waals surface area contributed by atoms with Gasteiger partial charge in [-0.2, -0.15) is 4.31 Å². The van der Waals surface area contributed by atoms with Crippen molar-refractivity contribution in [2.45, 2.75) is 38.2 Å². The summed E-state index contributed by atoms with van der Waals surface area (Å²) in [5, 5.41) is 0.0333. The summed E-state index contributed by atoms with van der Waals surface area (Å²) in [4.78, 5) is 23.2. The first kappa shape index (κ1) is 20.7. The van der Waals surface area contributed by atoms with Crippen molar-refractivity contribution in [1.29, 1.82) is 0 Å². The normalized spacial score (nSPS) is 22.6. The number of nitrogens with zero attached hydrogens (tertiary/aromatic N) is 1. The van der Waals surface area contributed by atoms with Crippen molar-refractivity contribution < 1.29 is 22.7 Å². The van der Waals surface area contributed by atoms with E-state index in [0.29, 0.717) is 13.1 Å². The zero-order chi connectivity index (χ0) is 19.6. The van der Waals surface area contributed by atoms with Crippen molar-refractivity contribution in [3.05, 3.63) is 28.8 Å². The summed E-state index contributed by atoms with van der Waals surface area (Å²) in [5.41, 5.74) is 4.95. The molecule has 1 aromatic carbocycles. The molecule has 1 fully saturated rings. The van der Waals surface area contributed by atoms with E-state index in [9.17, 15) is 18.0 Å². The van der Waals surface area contributed by atoms with Crippen molar-refractivity contribution in [1.82, 2.24) is 4.31 Å². The first-order valence-corrected chi connectivity index (χ1v) is 10.1. The molecule has 0 bridgehead atoms. The fraction of sp³-hybridized carbons (Fsp3) is 0.529. The molecular formula is C17H23ClN2O5S. The van der Waals surface area contributed by atoms with Gasteiger partial charge in [0.25, 0.3) is 5.91 Å². The fourth-order valence-electron chi connectivity index (χ4n) is 3.05. The molecule has 3 atom stereocenters. The van der Waals surface area contributed by atoms with Gasteiger partial charge in [-0.05, 0) is 43.4 Å². The zero-order valence-electron chi connectivity index (χ0n) is 14.9. The van der Waals surface area contributed by atoms with E-state index in [-0.39, 0.29) is 27.3 Å². The van der Waals surface area contributed by atoms with E-state index < -0.39 is 28.0 Å². The maximum Gasteiger partial charge on any atom is 0.340 e. The lowest BCUT2D eigenvalue weighted by Gasteiger charge is -2.34. The predicted molar refractivity (Wildman–Crippen MR) is 97.2 cm³/mol. The van der Waals surface area contributed by atoms with E-state index >= 15 is 0 Å². The van der Waals surface area contributed by atoms with Gasteiger partial charge in [0.05, 0.1) is 15.5 Å². The van der Waals surface area contributed by atoms with Crippen LogP contribution in [0.5, 0.6) is 0 Å². The van der Waals surface area contributed by atoms with E-state index in [1.807, 2.05) is 13.8 Å². The summed E-state index contributed by atoms with van der Waals surface area (Å²) in [7, 11) is -3.77. The third-order valence-electron chi connectivity index (χ3n) is 4.32. The van der Waals surface area contributed by atoms with Gasteiger partial charge in [0.2, 0.25) is 10.0 Å². The highest BCUT2D eigenvalue weighted by molar-refractivity contribution is 7.89. The average Bonchev–Trinajstić information content (AvgIpc) is 2.53. The minimum atomic E-state index is -3.77. The molecule has 0 saturated carbocycles. The van der Waals surface area contributed by atoms with Gasteiger partial charge in [0.15, 0.2) is 6.10 Å². The van der Waals surface area contributed by atoms with Crippen LogP contribution < -0.4 is 5.73 Å². The molecule has 1 amide bonds. The van der Waals surface area contributed by atoms with Gasteiger partial charge in [0.1, 0.15) is 0 Å². The molecule has 26 heavy (non-hydrogen) atoms. The van der Waals surface area contributed by atoms with Crippen LogP contribution in [0.4, 0.5) is 0 Å². The number of ether oxygens (including phenoxy) is 1. The molecule has 144 valence electrons. The Labute approximate surface area is 158 Å². The smallest absolute Gasteiger partial charge is 0.340 e. The van der Waals surface area contributed by atoms with Crippen molar-refractivity contribution in [2.24, 2.45) is 17.6 Å². The van der Waals surface area contributed by atoms with E-state index in [0.717, 1.165) is 6.42 Å². The van der Waals surface area contributed by atoms with Crippen molar-refractivity contribution in [3.8, 4) is 0 Å². The maximum atomic E-state index is 13.0. The molecular weight excluding hydrogens is 380 g/mol. The van der Waals surface area contributed by atoms with Gasteiger partial charge in [-0.25, -0.2) is 13.2 Å². The van der Waals surface area contributed by atoms with E-state index in [1.165, 1.54) is 29.4 Å². The summed E-state index contributed by atoms with van der Waals surface area (Å²) < 4.78 is 32.2. The first-order valence-electron chi connectivity index (χ1n) is 8.32. The summed E-state index contributed by atoms with van der Waals surface area (Å²) in [5.74, 6) is -1.21. The Morgan fingerprint density at radius 1 is 1.27 bits per heavy atom. The van der Waals surface area contributed by atoms with Crippen LogP contribution in [-0.4, -0.2) is 43.8 Å². The lowest BCUT2D eigenvalue weighted by Crippen LogP contribution is -2.42. The lowest BCUT2D eigenvalue weighted by atomic mass is 9.94. The van der Waals surface area contributed by atoms with Crippen LogP contribution in [0.3, 0.4) is 0 Å². The molecule has 9 heteroatoms. The molecule has 7 nitrogen and oxygen atoms in total. The molecule has 2 N–H and O–H groups in total. The number of amides is 1. The van der Waals surface area contributed by atoms with E-state index in [4.69, 9.17) is 22.1 Å². The Morgan fingerprint density at radius 3 is 2.38 bits per heavy atom. The Bertz CT molecular complexity index is 801. The minimum absolute atomic E-state index is 0.0333. The summed E-state index contributed by atoms with van der Waals surface area (Å²) in [6.07, 6.45) is -0.183. The number of rotatable bonds is 5. The minimum Gasteiger partial charge on any atom is -0.449 e. The maximum absolute atomic E-state index is 13.0. The SMILES string of the molecule is C[C@H]1C[C@H](C)CN(S(=O)(=O)c2ccc(Cl)c(C(=O)O[C@@H](C)C(N)=O)c2)C1. The van der Waals surface area contributed by atoms with Crippen LogP contribution >= 0.6 is 11.6 Å². The molecule has 1 aliphatic heterocycles. The van der Waals surface area contributed by atoms with Gasteiger partial charge in [-0.3, -0.25) is 4.79 Å². The molecule has 1 aliphatic rings. The lowest BCUT2D eigenvalue weighted by molar-refractivity contribution is -0.125. The molecule has 1 aromatic rings. The number of hydrogen-bond acceptors (Lipinski definition) is 5. The van der Waals surface area contributed by atoms with Crippen molar-refractivity contribution in [3.63, 3.8) is 0 Å². The number of carbonyl (C=O) groups excluding carboxylic acids is 2. The highest BCUT2D eigenvalue weighted by atomic mass is 35.5. The third-order valence-corrected chi connectivity index (χ3v) is 6.47. The van der Waals surface area contributed by atoms with Gasteiger partial charge in [0, 0.05) is 13.1 Å². The Kier molecular flexibility index (Phi) is 6.31. The summed E-state index contributed by atoms with van der Waals surface area (Å²) >= 11 is 6.01. The van der Waals surface area contributed by atoms with Crippen LogP contribution in [0.1, 0.15) is 37.6 Å². The van der Waals surface area contributed by atoms with Crippen LogP contribution in [0.15, 0.2) is 23.1 Å². The van der Waals surface area contributed by atoms with Gasteiger partial charge in [-0.15, -0.1) is 0 Å². The van der Waals surface area contributed by atoms with Crippen molar-refractivity contribution in [2.75, 3.05) is 13.1 Å². The number of hydrogen-bond donors (Lipinski definition) is 1. The van der Waals surface area contributed by atoms with Crippen LogP contribution in [0.2, 0.25) is 5.02 Å². The molecule has 0 radical (unpaired) electrons. The van der Waals surface area contributed by atoms with E-state index in [1.54, 1.807) is 0 Å². The molecule has 1 heterocycles. The molecule has 2 rings (SSSR count). The number of carbonyl (C=O) groups is 2. The van der Waals surface area contributed by atoms with Gasteiger partial charge < -0.3 is 10.5 Å². The Morgan fingerprint density at radius 2 is 1.85 bits per heavy atom. The summed E-state index contributed by atoms with van der Waals surface area (Å²) in [6, 6.07) is 3.87. The predicted octanol–water partition coefficient (Wildman–Crippen LogP) is 2.04. The first-order chi connectivity index (χ1) is 12.0. The topological polar surface area (TPSA) is 107 Å². The highest BCUT2D eigenvalue weighted by Gasteiger charge is 2.32. The second-order valence-electron chi connectivity index (χ2n) is 6.86. The molecule has 0 aromatic heterocycles. The largest absolute Gasteiger partial charge is 0.449 e. The third kappa shape index (κ3) is 4.55. The van der Waals surface area contributed by atoms with Gasteiger partial charge in [-0.1, -0.05) is 25.4 Å². The number of halogens is 1. The second-order valence-corrected chi connectivity index (χ2v) is 9.20. The molecule has 1 saturated heterocycles. The van der Waals surface area contributed by atoms with E-state index in [2.05, 4.69) is 0 Å². The fourth-order valence-corrected chi connectivity index (χ4v) is 4.96. The van der Waals surface area contributed by atoms with Crippen molar-refractivity contribution >= 4 is 33.5 Å². The number of nitrogens with two attached hydrogens (primary N) is 1. The quantitative estimate of drug-likeness (QED) is 0.758. The molecule has 0 aliphatic carbocycles. The van der Waals surface area contributed by atoms with Gasteiger partial charge >= 0.3 is 5.97 Å².